The molecule has 0 saturated carbocycles. The Morgan fingerprint density at radius 1 is 1.13 bits per heavy atom. The first-order valence-electron chi connectivity index (χ1n) is 9.14. The molecule has 0 atom stereocenters. The number of anilines is 1. The van der Waals surface area contributed by atoms with E-state index in [0.717, 1.165) is 22.9 Å². The number of nitro groups is 1. The van der Waals surface area contributed by atoms with Gasteiger partial charge in [0.2, 0.25) is 0 Å². The Labute approximate surface area is 192 Å². The number of hydrogen-bond donors (Lipinski definition) is 0. The fourth-order valence-electron chi connectivity index (χ4n) is 3.13. The monoisotopic (exact) mass is 470 g/mol. The molecule has 0 spiro atoms. The summed E-state index contributed by atoms with van der Waals surface area (Å²) in [4.78, 5) is 25.8. The van der Waals surface area contributed by atoms with Crippen molar-refractivity contribution >= 4 is 63.3 Å². The summed E-state index contributed by atoms with van der Waals surface area (Å²) in [5, 5.41) is 12.1. The van der Waals surface area contributed by atoms with Crippen molar-refractivity contribution in [2.45, 2.75) is 13.8 Å². The van der Waals surface area contributed by atoms with Crippen LogP contribution in [0.5, 0.6) is 0 Å². The van der Waals surface area contributed by atoms with Crippen LogP contribution in [-0.2, 0) is 4.79 Å². The van der Waals surface area contributed by atoms with Gasteiger partial charge >= 0.3 is 0 Å². The first-order valence-corrected chi connectivity index (χ1v) is 10.7. The van der Waals surface area contributed by atoms with Crippen molar-refractivity contribution in [1.29, 1.82) is 0 Å². The zero-order valence-corrected chi connectivity index (χ0v) is 18.8. The van der Waals surface area contributed by atoms with Gasteiger partial charge in [0.05, 0.1) is 21.1 Å². The molecule has 9 heteroatoms. The molecule has 4 rings (SSSR count). The van der Waals surface area contributed by atoms with Gasteiger partial charge in [0.1, 0.15) is 11.5 Å². The predicted octanol–water partition coefficient (Wildman–Crippen LogP) is 6.53. The standard InChI is InChI=1S/C22H15ClN2O4S2/c1-12-9-17(18(25(27)28)10-13(12)2)19-8-7-16(29-19)11-20-21(26)24(22(30)31-20)15-5-3-14(23)4-6-15/h3-11H,1-2H3/b20-11+. The summed E-state index contributed by atoms with van der Waals surface area (Å²) >= 11 is 12.5. The summed E-state index contributed by atoms with van der Waals surface area (Å²) < 4.78 is 6.23. The predicted molar refractivity (Wildman–Crippen MR) is 127 cm³/mol. The normalized spacial score (nSPS) is 15.2. The first-order chi connectivity index (χ1) is 14.7. The summed E-state index contributed by atoms with van der Waals surface area (Å²) in [5.41, 5.74) is 2.73. The van der Waals surface area contributed by atoms with E-state index in [-0.39, 0.29) is 11.6 Å². The Morgan fingerprint density at radius 2 is 1.81 bits per heavy atom. The maximum absolute atomic E-state index is 12.9. The number of furan rings is 1. The van der Waals surface area contributed by atoms with E-state index in [1.54, 1.807) is 48.5 Å². The van der Waals surface area contributed by atoms with E-state index in [1.165, 1.54) is 11.0 Å². The Bertz CT molecular complexity index is 1270. The maximum atomic E-state index is 12.9. The van der Waals surface area contributed by atoms with Crippen molar-refractivity contribution in [2.75, 3.05) is 4.90 Å². The van der Waals surface area contributed by atoms with Gasteiger partial charge in [-0.2, -0.15) is 0 Å². The Hall–Kier alpha value is -2.94. The molecule has 0 aliphatic carbocycles. The number of thiocarbonyl (C=S) groups is 1. The van der Waals surface area contributed by atoms with Crippen LogP contribution in [0.2, 0.25) is 5.02 Å². The van der Waals surface area contributed by atoms with E-state index < -0.39 is 4.92 Å². The Kier molecular flexibility index (Phi) is 5.70. The molecule has 2 aromatic carbocycles. The number of halogens is 1. The SMILES string of the molecule is Cc1cc(-c2ccc(/C=C3/SC(=S)N(c4ccc(Cl)cc4)C3=O)o2)c([N+](=O)[O-])cc1C. The van der Waals surface area contributed by atoms with Crippen molar-refractivity contribution in [2.24, 2.45) is 0 Å². The highest BCUT2D eigenvalue weighted by atomic mass is 35.5. The molecule has 1 saturated heterocycles. The Balaban J connectivity index is 1.66. The van der Waals surface area contributed by atoms with Gasteiger partial charge in [0.25, 0.3) is 11.6 Å². The average Bonchev–Trinajstić information content (AvgIpc) is 3.29. The zero-order valence-electron chi connectivity index (χ0n) is 16.4. The Morgan fingerprint density at radius 3 is 2.48 bits per heavy atom. The molecular formula is C22H15ClN2O4S2. The number of hydrogen-bond acceptors (Lipinski definition) is 6. The average molecular weight is 471 g/mol. The van der Waals surface area contributed by atoms with Gasteiger partial charge in [-0.15, -0.1) is 0 Å². The van der Waals surface area contributed by atoms with Crippen LogP contribution in [0.25, 0.3) is 17.4 Å². The molecular weight excluding hydrogens is 456 g/mol. The second kappa shape index (κ2) is 8.30. The van der Waals surface area contributed by atoms with E-state index in [1.807, 2.05) is 13.8 Å². The summed E-state index contributed by atoms with van der Waals surface area (Å²) in [6, 6.07) is 13.4. The van der Waals surface area contributed by atoms with Crippen molar-refractivity contribution in [3.63, 3.8) is 0 Å². The highest BCUT2D eigenvalue weighted by Gasteiger charge is 2.33. The largest absolute Gasteiger partial charge is 0.456 e. The number of carbonyl (C=O) groups is 1. The molecule has 1 aliphatic heterocycles. The second-order valence-corrected chi connectivity index (χ2v) is 9.02. The van der Waals surface area contributed by atoms with Crippen molar-refractivity contribution in [3.05, 3.63) is 85.5 Å². The molecule has 156 valence electrons. The molecule has 1 amide bonds. The smallest absolute Gasteiger partial charge is 0.280 e. The fraction of sp³-hybridized carbons (Fsp3) is 0.0909. The number of thioether (sulfide) groups is 1. The minimum atomic E-state index is -0.429. The number of nitrogens with zero attached hydrogens (tertiary/aromatic N) is 2. The molecule has 2 heterocycles. The fourth-order valence-corrected chi connectivity index (χ4v) is 4.54. The molecule has 31 heavy (non-hydrogen) atoms. The molecule has 1 aromatic heterocycles. The number of rotatable bonds is 4. The highest BCUT2D eigenvalue weighted by Crippen LogP contribution is 2.38. The summed E-state index contributed by atoms with van der Waals surface area (Å²) in [7, 11) is 0. The van der Waals surface area contributed by atoms with Crippen LogP contribution in [0.1, 0.15) is 16.9 Å². The van der Waals surface area contributed by atoms with Crippen LogP contribution in [-0.4, -0.2) is 15.2 Å². The molecule has 3 aromatic rings. The maximum Gasteiger partial charge on any atom is 0.280 e. The van der Waals surface area contributed by atoms with Crippen molar-refractivity contribution < 1.29 is 14.1 Å². The lowest BCUT2D eigenvalue weighted by atomic mass is 10.0. The number of carbonyl (C=O) groups excluding carboxylic acids is 1. The lowest BCUT2D eigenvalue weighted by Crippen LogP contribution is -2.27. The third-order valence-electron chi connectivity index (χ3n) is 4.85. The van der Waals surface area contributed by atoms with Gasteiger partial charge in [-0.3, -0.25) is 19.8 Å². The summed E-state index contributed by atoms with van der Waals surface area (Å²) in [6.45, 7) is 3.71. The lowest BCUT2D eigenvalue weighted by molar-refractivity contribution is -0.384. The summed E-state index contributed by atoms with van der Waals surface area (Å²) in [5.74, 6) is 0.487. The number of benzene rings is 2. The van der Waals surface area contributed by atoms with Gasteiger partial charge in [0, 0.05) is 17.2 Å². The molecule has 6 nitrogen and oxygen atoms in total. The van der Waals surface area contributed by atoms with E-state index in [0.29, 0.717) is 37.0 Å². The first kappa shape index (κ1) is 21.3. The molecule has 0 N–H and O–H groups in total. The van der Waals surface area contributed by atoms with E-state index in [9.17, 15) is 14.9 Å². The lowest BCUT2D eigenvalue weighted by Gasteiger charge is -2.14. The van der Waals surface area contributed by atoms with E-state index in [2.05, 4.69) is 0 Å². The minimum Gasteiger partial charge on any atom is -0.456 e. The molecule has 0 radical (unpaired) electrons. The third-order valence-corrected chi connectivity index (χ3v) is 6.41. The van der Waals surface area contributed by atoms with Crippen molar-refractivity contribution in [1.82, 2.24) is 0 Å². The van der Waals surface area contributed by atoms with Gasteiger partial charge in [-0.05, 0) is 67.4 Å². The van der Waals surface area contributed by atoms with Crippen LogP contribution in [0, 0.1) is 24.0 Å². The topological polar surface area (TPSA) is 76.6 Å². The minimum absolute atomic E-state index is 0.0296. The zero-order chi connectivity index (χ0) is 22.3. The second-order valence-electron chi connectivity index (χ2n) is 6.91. The molecule has 0 bridgehead atoms. The van der Waals surface area contributed by atoms with Crippen LogP contribution in [0.4, 0.5) is 11.4 Å². The number of nitro benzene ring substituents is 1. The van der Waals surface area contributed by atoms with Crippen LogP contribution < -0.4 is 4.90 Å². The van der Waals surface area contributed by atoms with Crippen LogP contribution in [0.15, 0.2) is 57.9 Å². The molecule has 1 fully saturated rings. The number of amides is 1. The van der Waals surface area contributed by atoms with Gasteiger partial charge < -0.3 is 4.42 Å². The summed E-state index contributed by atoms with van der Waals surface area (Å²) in [6.07, 6.45) is 1.59. The van der Waals surface area contributed by atoms with E-state index >= 15 is 0 Å². The van der Waals surface area contributed by atoms with Crippen molar-refractivity contribution in [3.8, 4) is 11.3 Å². The van der Waals surface area contributed by atoms with Crippen LogP contribution >= 0.6 is 35.6 Å². The van der Waals surface area contributed by atoms with Gasteiger partial charge in [0.15, 0.2) is 4.32 Å². The van der Waals surface area contributed by atoms with Gasteiger partial charge in [-0.25, -0.2) is 0 Å². The van der Waals surface area contributed by atoms with Gasteiger partial charge in [-0.1, -0.05) is 35.6 Å². The van der Waals surface area contributed by atoms with Crippen LogP contribution in [0.3, 0.4) is 0 Å². The highest BCUT2D eigenvalue weighted by molar-refractivity contribution is 8.27. The molecule has 1 aliphatic rings. The third kappa shape index (κ3) is 4.14. The van der Waals surface area contributed by atoms with E-state index in [4.69, 9.17) is 28.2 Å². The number of aryl methyl sites for hydroxylation is 2. The quantitative estimate of drug-likeness (QED) is 0.187. The molecule has 0 unspecified atom stereocenters.